The molecule has 1 aromatic heterocycles. The molecule has 1 aromatic carbocycles. The molecule has 0 fully saturated rings. The van der Waals surface area contributed by atoms with Crippen LogP contribution in [0.25, 0.3) is 0 Å². The lowest BCUT2D eigenvalue weighted by molar-refractivity contribution is 1.04. The quantitative estimate of drug-likeness (QED) is 0.676. The molecule has 0 aliphatic rings. The van der Waals surface area contributed by atoms with E-state index in [-0.39, 0.29) is 11.5 Å². The normalized spacial score (nSPS) is 10.9. The maximum Gasteiger partial charge on any atom is 0.274 e. The van der Waals surface area contributed by atoms with E-state index in [0.29, 0.717) is 15.7 Å². The van der Waals surface area contributed by atoms with E-state index in [1.165, 1.54) is 6.07 Å². The summed E-state index contributed by atoms with van der Waals surface area (Å²) in [5.74, 6) is 0.279. The van der Waals surface area contributed by atoms with Gasteiger partial charge in [-0.25, -0.2) is 5.43 Å². The number of aromatic nitrogens is 2. The summed E-state index contributed by atoms with van der Waals surface area (Å²) in [6.45, 7) is 1.76. The molecule has 5 nitrogen and oxygen atoms in total. The Morgan fingerprint density at radius 2 is 2.11 bits per heavy atom. The van der Waals surface area contributed by atoms with Gasteiger partial charge in [0.05, 0.1) is 16.3 Å². The van der Waals surface area contributed by atoms with Crippen LogP contribution in [0.1, 0.15) is 11.3 Å². The Kier molecular flexibility index (Phi) is 4.19. The number of hydrogen-bond donors (Lipinski definition) is 2. The van der Waals surface area contributed by atoms with Gasteiger partial charge in [-0.1, -0.05) is 29.3 Å². The number of H-pyrrole nitrogens is 1. The van der Waals surface area contributed by atoms with Gasteiger partial charge in [0.25, 0.3) is 5.56 Å². The lowest BCUT2D eigenvalue weighted by atomic mass is 10.2. The number of nitrogens with zero attached hydrogens (tertiary/aromatic N) is 2. The molecule has 0 spiro atoms. The van der Waals surface area contributed by atoms with Crippen LogP contribution in [0.15, 0.2) is 34.2 Å². The highest BCUT2D eigenvalue weighted by atomic mass is 35.5. The van der Waals surface area contributed by atoms with Crippen molar-refractivity contribution in [3.63, 3.8) is 0 Å². The third-order valence-electron chi connectivity index (χ3n) is 2.21. The first kappa shape index (κ1) is 13.6. The Morgan fingerprint density at radius 1 is 1.32 bits per heavy atom. The lowest BCUT2D eigenvalue weighted by Gasteiger charge is -2.00. The van der Waals surface area contributed by atoms with Crippen molar-refractivity contribution >= 4 is 35.4 Å². The number of rotatable bonds is 3. The number of hydrogen-bond acceptors (Lipinski definition) is 4. The monoisotopic (exact) mass is 296 g/mol. The zero-order valence-corrected chi connectivity index (χ0v) is 11.5. The molecule has 0 bridgehead atoms. The fraction of sp³-hybridized carbons (Fsp3) is 0.0833. The van der Waals surface area contributed by atoms with Gasteiger partial charge in [-0.2, -0.15) is 10.1 Å². The minimum Gasteiger partial charge on any atom is -0.328 e. The predicted octanol–water partition coefficient (Wildman–Crippen LogP) is 2.83. The number of benzene rings is 1. The maximum atomic E-state index is 11.2. The summed E-state index contributed by atoms with van der Waals surface area (Å²) in [6.07, 6.45) is 1.55. The Balaban J connectivity index is 2.11. The van der Waals surface area contributed by atoms with Gasteiger partial charge in [-0.05, 0) is 24.6 Å². The second-order valence-electron chi connectivity index (χ2n) is 3.79. The number of anilines is 1. The van der Waals surface area contributed by atoms with Gasteiger partial charge in [0.15, 0.2) is 0 Å². The summed E-state index contributed by atoms with van der Waals surface area (Å²) in [7, 11) is 0. The summed E-state index contributed by atoms with van der Waals surface area (Å²) in [5, 5.41) is 4.89. The molecule has 7 heteroatoms. The zero-order valence-electron chi connectivity index (χ0n) is 9.95. The lowest BCUT2D eigenvalue weighted by Crippen LogP contribution is -2.10. The van der Waals surface area contributed by atoms with Gasteiger partial charge in [0.2, 0.25) is 5.95 Å². The van der Waals surface area contributed by atoms with Crippen LogP contribution < -0.4 is 11.0 Å². The number of aryl methyl sites for hydroxylation is 1. The summed E-state index contributed by atoms with van der Waals surface area (Å²) in [5.41, 5.74) is 3.78. The number of hydrazone groups is 1. The Morgan fingerprint density at radius 3 is 2.79 bits per heavy atom. The second kappa shape index (κ2) is 5.86. The predicted molar refractivity (Wildman–Crippen MR) is 77.3 cm³/mol. The molecule has 2 N–H and O–H groups in total. The van der Waals surface area contributed by atoms with E-state index < -0.39 is 0 Å². The summed E-state index contributed by atoms with van der Waals surface area (Å²) in [4.78, 5) is 17.8. The molecule has 0 aliphatic carbocycles. The first-order chi connectivity index (χ1) is 9.04. The van der Waals surface area contributed by atoms with Crippen molar-refractivity contribution in [1.82, 2.24) is 9.97 Å². The van der Waals surface area contributed by atoms with E-state index in [1.807, 2.05) is 0 Å². The van der Waals surface area contributed by atoms with Crippen molar-refractivity contribution in [2.45, 2.75) is 6.92 Å². The fourth-order valence-electron chi connectivity index (χ4n) is 1.39. The van der Waals surface area contributed by atoms with Gasteiger partial charge in [-0.3, -0.25) is 4.79 Å². The molecule has 0 amide bonds. The molecule has 0 aliphatic heterocycles. The molecule has 1 heterocycles. The fourth-order valence-corrected chi connectivity index (χ4v) is 1.70. The van der Waals surface area contributed by atoms with Crippen LogP contribution in [0, 0.1) is 6.92 Å². The molecule has 0 saturated carbocycles. The molecule has 0 unspecified atom stereocenters. The van der Waals surface area contributed by atoms with Gasteiger partial charge in [0, 0.05) is 11.8 Å². The number of aromatic amines is 1. The summed E-state index contributed by atoms with van der Waals surface area (Å²) in [6, 6.07) is 6.53. The third kappa shape index (κ3) is 3.81. The van der Waals surface area contributed by atoms with Crippen molar-refractivity contribution in [3.8, 4) is 0 Å². The number of halogens is 2. The molecule has 0 saturated heterocycles. The summed E-state index contributed by atoms with van der Waals surface area (Å²) >= 11 is 11.7. The van der Waals surface area contributed by atoms with Crippen LogP contribution in [0.3, 0.4) is 0 Å². The van der Waals surface area contributed by atoms with Crippen LogP contribution in [-0.2, 0) is 0 Å². The maximum absolute atomic E-state index is 11.2. The standard InChI is InChI=1S/C12H10Cl2N4O/c1-7-4-11(19)17-12(16-7)18-15-6-8-2-3-9(13)10(14)5-8/h2-6H,1H3,(H2,16,17,18,19). The average Bonchev–Trinajstić information content (AvgIpc) is 2.32. The van der Waals surface area contributed by atoms with Crippen LogP contribution in [0.2, 0.25) is 10.0 Å². The molecule has 2 rings (SSSR count). The topological polar surface area (TPSA) is 70.1 Å². The van der Waals surface area contributed by atoms with Crippen LogP contribution in [0.5, 0.6) is 0 Å². The van der Waals surface area contributed by atoms with Gasteiger partial charge in [0.1, 0.15) is 0 Å². The van der Waals surface area contributed by atoms with Crippen LogP contribution >= 0.6 is 23.2 Å². The zero-order chi connectivity index (χ0) is 13.8. The van der Waals surface area contributed by atoms with E-state index in [0.717, 1.165) is 5.56 Å². The molecule has 0 radical (unpaired) electrons. The Labute approximate surface area is 119 Å². The van der Waals surface area contributed by atoms with Crippen LogP contribution in [0.4, 0.5) is 5.95 Å². The average molecular weight is 297 g/mol. The number of nitrogens with one attached hydrogen (secondary N) is 2. The Bertz CT molecular complexity index is 682. The van der Waals surface area contributed by atoms with Gasteiger partial charge in [-0.15, -0.1) is 0 Å². The van der Waals surface area contributed by atoms with Crippen molar-refractivity contribution in [2.75, 3.05) is 5.43 Å². The van der Waals surface area contributed by atoms with E-state index >= 15 is 0 Å². The van der Waals surface area contributed by atoms with E-state index in [4.69, 9.17) is 23.2 Å². The molecule has 2 aromatic rings. The van der Waals surface area contributed by atoms with E-state index in [2.05, 4.69) is 20.5 Å². The largest absolute Gasteiger partial charge is 0.328 e. The van der Waals surface area contributed by atoms with Crippen molar-refractivity contribution in [2.24, 2.45) is 5.10 Å². The molecule has 19 heavy (non-hydrogen) atoms. The highest BCUT2D eigenvalue weighted by Crippen LogP contribution is 2.21. The van der Waals surface area contributed by atoms with Crippen molar-refractivity contribution in [1.29, 1.82) is 0 Å². The van der Waals surface area contributed by atoms with Crippen molar-refractivity contribution < 1.29 is 0 Å². The highest BCUT2D eigenvalue weighted by Gasteiger charge is 1.98. The van der Waals surface area contributed by atoms with E-state index in [1.54, 1.807) is 31.3 Å². The molecular weight excluding hydrogens is 287 g/mol. The van der Waals surface area contributed by atoms with Gasteiger partial charge < -0.3 is 4.98 Å². The minimum atomic E-state index is -0.330. The molecule has 0 atom stereocenters. The SMILES string of the molecule is Cc1cc(=O)nc(NN=Cc2ccc(Cl)c(Cl)c2)[nH]1. The third-order valence-corrected chi connectivity index (χ3v) is 2.94. The molecular formula is C12H10Cl2N4O. The van der Waals surface area contributed by atoms with Crippen LogP contribution in [-0.4, -0.2) is 16.2 Å². The summed E-state index contributed by atoms with van der Waals surface area (Å²) < 4.78 is 0. The highest BCUT2D eigenvalue weighted by molar-refractivity contribution is 6.42. The minimum absolute atomic E-state index is 0.279. The smallest absolute Gasteiger partial charge is 0.274 e. The van der Waals surface area contributed by atoms with Crippen molar-refractivity contribution in [3.05, 3.63) is 55.9 Å². The first-order valence-electron chi connectivity index (χ1n) is 5.37. The molecule has 98 valence electrons. The Hall–Kier alpha value is -1.85. The van der Waals surface area contributed by atoms with E-state index in [9.17, 15) is 4.79 Å². The second-order valence-corrected chi connectivity index (χ2v) is 4.61. The van der Waals surface area contributed by atoms with Gasteiger partial charge >= 0.3 is 0 Å². The first-order valence-corrected chi connectivity index (χ1v) is 6.12.